The van der Waals surface area contributed by atoms with Crippen LogP contribution in [0.2, 0.25) is 0 Å². The summed E-state index contributed by atoms with van der Waals surface area (Å²) in [6.45, 7) is 7.95. The summed E-state index contributed by atoms with van der Waals surface area (Å²) in [6, 6.07) is 12.5. The molecule has 1 aliphatic rings. The molecule has 1 aliphatic heterocycles. The smallest absolute Gasteiger partial charge is 0.276 e. The van der Waals surface area contributed by atoms with Gasteiger partial charge in [0, 0.05) is 5.56 Å². The number of benzene rings is 2. The predicted octanol–water partition coefficient (Wildman–Crippen LogP) is 1.12. The number of quaternary nitrogens is 1. The van der Waals surface area contributed by atoms with E-state index in [-0.39, 0.29) is 4.90 Å². The van der Waals surface area contributed by atoms with Crippen molar-refractivity contribution in [2.75, 3.05) is 33.4 Å². The molecule has 2 aromatic carbocycles. The van der Waals surface area contributed by atoms with Crippen molar-refractivity contribution in [2.45, 2.75) is 25.3 Å². The van der Waals surface area contributed by atoms with Crippen LogP contribution in [0.3, 0.4) is 0 Å². The molecule has 0 atom stereocenters. The third-order valence-electron chi connectivity index (χ3n) is 5.00. The fourth-order valence-corrected chi connectivity index (χ4v) is 4.07. The Hall–Kier alpha value is -2.42. The summed E-state index contributed by atoms with van der Waals surface area (Å²) in [4.78, 5) is 3.95. The molecule has 29 heavy (non-hydrogen) atoms. The average molecular weight is 419 g/mol. The molecular formula is C21H28N3O4S+. The molecule has 156 valence electrons. The van der Waals surface area contributed by atoms with E-state index in [1.165, 1.54) is 4.90 Å². The second-order valence-corrected chi connectivity index (χ2v) is 8.83. The zero-order valence-electron chi connectivity index (χ0n) is 17.1. The fourth-order valence-electron chi connectivity index (χ4n) is 3.21. The molecule has 0 radical (unpaired) electrons. The van der Waals surface area contributed by atoms with E-state index in [9.17, 15) is 8.42 Å². The normalized spacial score (nSPS) is 15.9. The van der Waals surface area contributed by atoms with Gasteiger partial charge in [0.05, 0.1) is 30.9 Å². The Morgan fingerprint density at radius 3 is 2.52 bits per heavy atom. The van der Waals surface area contributed by atoms with Crippen LogP contribution in [0.5, 0.6) is 5.75 Å². The van der Waals surface area contributed by atoms with Crippen LogP contribution in [-0.2, 0) is 21.3 Å². The minimum absolute atomic E-state index is 0.186. The van der Waals surface area contributed by atoms with Gasteiger partial charge < -0.3 is 14.4 Å². The van der Waals surface area contributed by atoms with E-state index in [2.05, 4.69) is 9.93 Å². The number of hydrazone groups is 1. The summed E-state index contributed by atoms with van der Waals surface area (Å²) in [5.41, 5.74) is 3.50. The van der Waals surface area contributed by atoms with Crippen LogP contribution in [0.15, 0.2) is 52.5 Å². The van der Waals surface area contributed by atoms with Crippen molar-refractivity contribution in [3.8, 4) is 5.75 Å². The lowest BCUT2D eigenvalue weighted by Gasteiger charge is -2.24. The lowest BCUT2D eigenvalue weighted by atomic mass is 10.1. The minimum atomic E-state index is -3.71. The largest absolute Gasteiger partial charge is 0.496 e. The molecule has 1 saturated heterocycles. The first-order chi connectivity index (χ1) is 13.9. The van der Waals surface area contributed by atoms with Gasteiger partial charge in [0.15, 0.2) is 0 Å². The molecule has 1 fully saturated rings. The Morgan fingerprint density at radius 2 is 1.86 bits per heavy atom. The van der Waals surface area contributed by atoms with Crippen LogP contribution < -0.4 is 14.5 Å². The van der Waals surface area contributed by atoms with E-state index < -0.39 is 10.0 Å². The van der Waals surface area contributed by atoms with Gasteiger partial charge in [-0.3, -0.25) is 0 Å². The van der Waals surface area contributed by atoms with Gasteiger partial charge in [0.2, 0.25) is 0 Å². The predicted molar refractivity (Wildman–Crippen MR) is 112 cm³/mol. The van der Waals surface area contributed by atoms with Gasteiger partial charge in [-0.2, -0.15) is 18.4 Å². The molecule has 0 amide bonds. The Balaban J connectivity index is 1.77. The first kappa shape index (κ1) is 21.3. The number of methoxy groups -OCH3 is 1. The molecular weight excluding hydrogens is 390 g/mol. The third kappa shape index (κ3) is 5.56. The first-order valence-electron chi connectivity index (χ1n) is 9.60. The number of rotatable bonds is 7. The quantitative estimate of drug-likeness (QED) is 0.522. The first-order valence-corrected chi connectivity index (χ1v) is 11.1. The van der Waals surface area contributed by atoms with Crippen molar-refractivity contribution in [3.05, 3.63) is 59.2 Å². The van der Waals surface area contributed by atoms with Gasteiger partial charge in [0.25, 0.3) is 10.0 Å². The molecule has 0 aromatic heterocycles. The van der Waals surface area contributed by atoms with Gasteiger partial charge in [-0.25, -0.2) is 0 Å². The lowest BCUT2D eigenvalue weighted by molar-refractivity contribution is -0.921. The number of ether oxygens (including phenoxy) is 2. The van der Waals surface area contributed by atoms with Gasteiger partial charge in [0.1, 0.15) is 25.4 Å². The monoisotopic (exact) mass is 418 g/mol. The summed E-state index contributed by atoms with van der Waals surface area (Å²) >= 11 is 0. The van der Waals surface area contributed by atoms with Crippen LogP contribution in [0.4, 0.5) is 0 Å². The molecule has 0 saturated carbocycles. The van der Waals surface area contributed by atoms with Crippen molar-refractivity contribution in [3.63, 3.8) is 0 Å². The average Bonchev–Trinajstić information content (AvgIpc) is 2.73. The topological polar surface area (TPSA) is 81.4 Å². The summed E-state index contributed by atoms with van der Waals surface area (Å²) in [7, 11) is -2.05. The number of aryl methyl sites for hydroxylation is 1. The molecule has 0 spiro atoms. The maximum Gasteiger partial charge on any atom is 0.276 e. The van der Waals surface area contributed by atoms with Crippen molar-refractivity contribution in [2.24, 2.45) is 5.10 Å². The Bertz CT molecular complexity index is 966. The zero-order chi connectivity index (χ0) is 20.9. The molecule has 7 nitrogen and oxygen atoms in total. The van der Waals surface area contributed by atoms with E-state index in [0.717, 1.165) is 55.3 Å². The van der Waals surface area contributed by atoms with Gasteiger partial charge >= 0.3 is 0 Å². The van der Waals surface area contributed by atoms with Gasteiger partial charge in [-0.1, -0.05) is 17.7 Å². The van der Waals surface area contributed by atoms with E-state index >= 15 is 0 Å². The Morgan fingerprint density at radius 1 is 1.17 bits per heavy atom. The highest BCUT2D eigenvalue weighted by molar-refractivity contribution is 7.89. The number of nitrogens with zero attached hydrogens (tertiary/aromatic N) is 1. The van der Waals surface area contributed by atoms with E-state index in [4.69, 9.17) is 9.47 Å². The van der Waals surface area contributed by atoms with E-state index in [1.54, 1.807) is 38.3 Å². The van der Waals surface area contributed by atoms with Crippen LogP contribution >= 0.6 is 0 Å². The zero-order valence-corrected chi connectivity index (χ0v) is 17.9. The second kappa shape index (κ2) is 9.39. The third-order valence-corrected chi connectivity index (χ3v) is 6.23. The molecule has 3 rings (SSSR count). The molecule has 8 heteroatoms. The van der Waals surface area contributed by atoms with Crippen molar-refractivity contribution in [1.82, 2.24) is 4.83 Å². The molecule has 1 heterocycles. The van der Waals surface area contributed by atoms with Crippen LogP contribution in [0, 0.1) is 6.92 Å². The summed E-state index contributed by atoms with van der Waals surface area (Å²) in [5, 5.41) is 4.12. The van der Waals surface area contributed by atoms with Crippen molar-refractivity contribution >= 4 is 15.7 Å². The standard InChI is InChI=1S/C21H27N3O4S/c1-16-4-7-20(8-5-16)29(25,26)23-22-17(2)18-6-9-21(27-3)19(14-18)15-24-10-12-28-13-11-24/h4-9,14,23H,10-13,15H2,1-3H3/p+1/b22-17-. The Kier molecular flexibility index (Phi) is 6.89. The molecule has 0 unspecified atom stereocenters. The highest BCUT2D eigenvalue weighted by atomic mass is 32.2. The van der Waals surface area contributed by atoms with Crippen molar-refractivity contribution < 1.29 is 22.8 Å². The van der Waals surface area contributed by atoms with Crippen LogP contribution in [0.1, 0.15) is 23.6 Å². The minimum Gasteiger partial charge on any atom is -0.496 e. The van der Waals surface area contributed by atoms with E-state index in [1.807, 2.05) is 25.1 Å². The second-order valence-electron chi connectivity index (χ2n) is 7.17. The molecule has 2 N–H and O–H groups in total. The number of sulfonamides is 1. The lowest BCUT2D eigenvalue weighted by Crippen LogP contribution is -3.12. The maximum absolute atomic E-state index is 12.5. The van der Waals surface area contributed by atoms with Crippen LogP contribution in [0.25, 0.3) is 0 Å². The highest BCUT2D eigenvalue weighted by Crippen LogP contribution is 2.20. The number of hydrogen-bond donors (Lipinski definition) is 2. The van der Waals surface area contributed by atoms with Crippen molar-refractivity contribution in [1.29, 1.82) is 0 Å². The number of nitrogens with one attached hydrogen (secondary N) is 2. The molecule has 0 aliphatic carbocycles. The van der Waals surface area contributed by atoms with Gasteiger partial charge in [-0.15, -0.1) is 0 Å². The number of hydrogen-bond acceptors (Lipinski definition) is 5. The number of morpholine rings is 1. The summed E-state index contributed by atoms with van der Waals surface area (Å²) < 4.78 is 35.8. The van der Waals surface area contributed by atoms with Crippen LogP contribution in [-0.4, -0.2) is 47.5 Å². The summed E-state index contributed by atoms with van der Waals surface area (Å²) in [5.74, 6) is 0.820. The fraction of sp³-hybridized carbons (Fsp3) is 0.381. The SMILES string of the molecule is COc1ccc(/C(C)=N\NS(=O)(=O)c2ccc(C)cc2)cc1C[NH+]1CCOCC1. The highest BCUT2D eigenvalue weighted by Gasteiger charge is 2.18. The van der Waals surface area contributed by atoms with E-state index in [0.29, 0.717) is 5.71 Å². The molecule has 0 bridgehead atoms. The summed E-state index contributed by atoms with van der Waals surface area (Å²) in [6.07, 6.45) is 0. The Labute approximate surface area is 172 Å². The molecule has 2 aromatic rings. The maximum atomic E-state index is 12.5. The van der Waals surface area contributed by atoms with Gasteiger partial charge in [-0.05, 0) is 49.7 Å².